The van der Waals surface area contributed by atoms with Crippen LogP contribution in [0.2, 0.25) is 0 Å². The van der Waals surface area contributed by atoms with Gasteiger partial charge >= 0.3 is 5.97 Å². The van der Waals surface area contributed by atoms with Gasteiger partial charge in [0.05, 0.1) is 0 Å². The average molecular weight is 289 g/mol. The Balaban J connectivity index is 2.42. The fraction of sp³-hybridized carbons (Fsp3) is 0.611. The van der Waals surface area contributed by atoms with E-state index in [2.05, 4.69) is 44.7 Å². The van der Waals surface area contributed by atoms with Crippen LogP contribution in [0.25, 0.3) is 0 Å². The fourth-order valence-electron chi connectivity index (χ4n) is 3.31. The summed E-state index contributed by atoms with van der Waals surface area (Å²) in [7, 11) is 0. The fourth-order valence-corrected chi connectivity index (χ4v) is 3.31. The van der Waals surface area contributed by atoms with Gasteiger partial charge in [0.15, 0.2) is 0 Å². The molecule has 1 fully saturated rings. The van der Waals surface area contributed by atoms with E-state index in [1.54, 1.807) is 0 Å². The van der Waals surface area contributed by atoms with Gasteiger partial charge in [-0.15, -0.1) is 0 Å². The summed E-state index contributed by atoms with van der Waals surface area (Å²) in [5.41, 5.74) is 0.633. The van der Waals surface area contributed by atoms with E-state index in [0.717, 1.165) is 25.1 Å². The summed E-state index contributed by atoms with van der Waals surface area (Å²) < 4.78 is 5.88. The Kier molecular flexibility index (Phi) is 4.43. The van der Waals surface area contributed by atoms with E-state index in [-0.39, 0.29) is 11.5 Å². The molecule has 0 N–H and O–H groups in total. The lowest BCUT2D eigenvalue weighted by Gasteiger charge is -2.49. The maximum absolute atomic E-state index is 11.7. The van der Waals surface area contributed by atoms with Crippen molar-refractivity contribution < 1.29 is 9.53 Å². The Morgan fingerprint density at radius 3 is 2.43 bits per heavy atom. The van der Waals surface area contributed by atoms with Crippen molar-refractivity contribution in [3.8, 4) is 0 Å². The van der Waals surface area contributed by atoms with Gasteiger partial charge in [0.2, 0.25) is 0 Å². The molecule has 1 aliphatic heterocycles. The van der Waals surface area contributed by atoms with Gasteiger partial charge in [-0.05, 0) is 38.7 Å². The van der Waals surface area contributed by atoms with Crippen molar-refractivity contribution in [3.63, 3.8) is 0 Å². The highest BCUT2D eigenvalue weighted by atomic mass is 16.6. The molecular weight excluding hydrogens is 262 g/mol. The molecule has 0 amide bonds. The molecule has 0 radical (unpaired) electrons. The average Bonchev–Trinajstić information content (AvgIpc) is 2.37. The second kappa shape index (κ2) is 5.80. The summed E-state index contributed by atoms with van der Waals surface area (Å²) in [4.78, 5) is 14.1. The van der Waals surface area contributed by atoms with E-state index in [9.17, 15) is 4.79 Å². The standard InChI is InChI=1S/C18H27NO2/c1-14-11-18(21-15(2)20,16-9-7-6-8-10-16)13-19(12-14)17(3,4)5/h6-10,14H,11-13H2,1-5H3/t14-,18+/m1/s1. The third-order valence-electron chi connectivity index (χ3n) is 4.24. The zero-order valence-corrected chi connectivity index (χ0v) is 13.8. The highest BCUT2D eigenvalue weighted by Crippen LogP contribution is 2.40. The summed E-state index contributed by atoms with van der Waals surface area (Å²) >= 11 is 0. The predicted octanol–water partition coefficient (Wildman–Crippen LogP) is 3.59. The van der Waals surface area contributed by atoms with Crippen LogP contribution in [0.4, 0.5) is 0 Å². The Morgan fingerprint density at radius 1 is 1.29 bits per heavy atom. The van der Waals surface area contributed by atoms with Gasteiger partial charge < -0.3 is 4.74 Å². The van der Waals surface area contributed by atoms with Crippen LogP contribution in [-0.4, -0.2) is 29.5 Å². The summed E-state index contributed by atoms with van der Waals surface area (Å²) in [6.07, 6.45) is 0.878. The van der Waals surface area contributed by atoms with Crippen molar-refractivity contribution in [1.82, 2.24) is 4.90 Å². The first-order valence-corrected chi connectivity index (χ1v) is 7.73. The van der Waals surface area contributed by atoms with E-state index in [1.165, 1.54) is 6.92 Å². The molecule has 1 aromatic carbocycles. The molecule has 21 heavy (non-hydrogen) atoms. The van der Waals surface area contributed by atoms with Gasteiger partial charge in [0.1, 0.15) is 5.60 Å². The molecule has 116 valence electrons. The van der Waals surface area contributed by atoms with Crippen molar-refractivity contribution >= 4 is 5.97 Å². The maximum atomic E-state index is 11.7. The Morgan fingerprint density at radius 2 is 1.90 bits per heavy atom. The largest absolute Gasteiger partial charge is 0.453 e. The SMILES string of the molecule is CC(=O)O[C@@]1(c2ccccc2)C[C@@H](C)CN(C(C)(C)C)C1. The molecule has 3 heteroatoms. The van der Waals surface area contributed by atoms with E-state index >= 15 is 0 Å². The molecule has 0 bridgehead atoms. The summed E-state index contributed by atoms with van der Waals surface area (Å²) in [5, 5.41) is 0. The van der Waals surface area contributed by atoms with Crippen molar-refractivity contribution in [1.29, 1.82) is 0 Å². The molecule has 0 saturated carbocycles. The Labute approximate surface area is 128 Å². The summed E-state index contributed by atoms with van der Waals surface area (Å²) in [5.74, 6) is 0.277. The lowest BCUT2D eigenvalue weighted by molar-refractivity contribution is -0.171. The normalized spacial score (nSPS) is 27.4. The van der Waals surface area contributed by atoms with Crippen molar-refractivity contribution in [2.75, 3.05) is 13.1 Å². The smallest absolute Gasteiger partial charge is 0.303 e. The van der Waals surface area contributed by atoms with Crippen molar-refractivity contribution in [3.05, 3.63) is 35.9 Å². The molecule has 1 saturated heterocycles. The molecule has 3 nitrogen and oxygen atoms in total. The molecule has 2 atom stereocenters. The topological polar surface area (TPSA) is 29.5 Å². The minimum atomic E-state index is -0.530. The molecule has 0 aliphatic carbocycles. The van der Waals surface area contributed by atoms with Crippen LogP contribution in [0, 0.1) is 5.92 Å². The number of ether oxygens (including phenoxy) is 1. The number of piperidine rings is 1. The molecule has 0 aromatic heterocycles. The molecule has 1 heterocycles. The number of carbonyl (C=O) groups excluding carboxylic acids is 1. The van der Waals surface area contributed by atoms with Gasteiger partial charge in [-0.2, -0.15) is 0 Å². The summed E-state index contributed by atoms with van der Waals surface area (Å²) in [6, 6.07) is 10.2. The zero-order chi connectivity index (χ0) is 15.7. The number of nitrogens with zero attached hydrogens (tertiary/aromatic N) is 1. The van der Waals surface area contributed by atoms with Gasteiger partial charge in [-0.25, -0.2) is 0 Å². The lowest BCUT2D eigenvalue weighted by Crippen LogP contribution is -2.57. The van der Waals surface area contributed by atoms with Gasteiger partial charge in [-0.1, -0.05) is 37.3 Å². The zero-order valence-electron chi connectivity index (χ0n) is 13.8. The highest BCUT2D eigenvalue weighted by molar-refractivity contribution is 5.67. The molecule has 1 aliphatic rings. The minimum Gasteiger partial charge on any atom is -0.453 e. The Hall–Kier alpha value is -1.35. The Bertz CT molecular complexity index is 492. The van der Waals surface area contributed by atoms with Crippen LogP contribution in [0.1, 0.15) is 46.6 Å². The molecule has 0 spiro atoms. The number of benzene rings is 1. The minimum absolute atomic E-state index is 0.0643. The van der Waals surface area contributed by atoms with E-state index in [1.807, 2.05) is 18.2 Å². The van der Waals surface area contributed by atoms with Crippen LogP contribution >= 0.6 is 0 Å². The summed E-state index contributed by atoms with van der Waals surface area (Å²) in [6.45, 7) is 12.2. The van der Waals surface area contributed by atoms with Crippen LogP contribution in [0.3, 0.4) is 0 Å². The third kappa shape index (κ3) is 3.65. The van der Waals surface area contributed by atoms with Crippen LogP contribution < -0.4 is 0 Å². The van der Waals surface area contributed by atoms with E-state index in [0.29, 0.717) is 5.92 Å². The van der Waals surface area contributed by atoms with Crippen molar-refractivity contribution in [2.24, 2.45) is 5.92 Å². The first kappa shape index (κ1) is 16.0. The van der Waals surface area contributed by atoms with E-state index in [4.69, 9.17) is 4.74 Å². The van der Waals surface area contributed by atoms with Crippen molar-refractivity contribution in [2.45, 2.75) is 52.2 Å². The quantitative estimate of drug-likeness (QED) is 0.779. The number of hydrogen-bond acceptors (Lipinski definition) is 3. The third-order valence-corrected chi connectivity index (χ3v) is 4.24. The predicted molar refractivity (Wildman–Crippen MR) is 85.0 cm³/mol. The second-order valence-corrected chi connectivity index (χ2v) is 7.31. The van der Waals surface area contributed by atoms with Crippen LogP contribution in [-0.2, 0) is 15.1 Å². The lowest BCUT2D eigenvalue weighted by atomic mass is 9.79. The number of likely N-dealkylation sites (tertiary alicyclic amines) is 1. The molecule has 0 unspecified atom stereocenters. The molecule has 2 rings (SSSR count). The molecule has 1 aromatic rings. The maximum Gasteiger partial charge on any atom is 0.303 e. The van der Waals surface area contributed by atoms with Gasteiger partial charge in [0.25, 0.3) is 0 Å². The first-order valence-electron chi connectivity index (χ1n) is 7.73. The number of esters is 1. The second-order valence-electron chi connectivity index (χ2n) is 7.31. The van der Waals surface area contributed by atoms with E-state index < -0.39 is 5.60 Å². The number of carbonyl (C=O) groups is 1. The van der Waals surface area contributed by atoms with Gasteiger partial charge in [-0.3, -0.25) is 9.69 Å². The number of rotatable bonds is 2. The van der Waals surface area contributed by atoms with Crippen LogP contribution in [0.15, 0.2) is 30.3 Å². The number of hydrogen-bond donors (Lipinski definition) is 0. The highest BCUT2D eigenvalue weighted by Gasteiger charge is 2.45. The monoisotopic (exact) mass is 289 g/mol. The van der Waals surface area contributed by atoms with Crippen LogP contribution in [0.5, 0.6) is 0 Å². The van der Waals surface area contributed by atoms with Gasteiger partial charge in [0, 0.05) is 25.6 Å². The first-order chi connectivity index (χ1) is 9.73. The molecular formula is C18H27NO2.